The van der Waals surface area contributed by atoms with Crippen molar-refractivity contribution in [2.24, 2.45) is 5.73 Å². The Morgan fingerprint density at radius 1 is 1.42 bits per heavy atom. The molecule has 1 fully saturated rings. The van der Waals surface area contributed by atoms with Crippen LogP contribution in [0.5, 0.6) is 11.5 Å². The number of amides is 2. The molecule has 1 aromatic carbocycles. The van der Waals surface area contributed by atoms with Crippen LogP contribution in [0.3, 0.4) is 0 Å². The van der Waals surface area contributed by atoms with Gasteiger partial charge in [0, 0.05) is 12.1 Å². The van der Waals surface area contributed by atoms with E-state index in [9.17, 15) is 19.5 Å². The molecular weight excluding hydrogens is 340 g/mol. The minimum absolute atomic E-state index is 0.0602. The fourth-order valence-electron chi connectivity index (χ4n) is 2.56. The SMILES string of the molecule is COc1cc(C(=O)N2CCC[C@H]2C(=O)O)cc(Cl)c1OCC(N)=O. The van der Waals surface area contributed by atoms with Gasteiger partial charge in [0.1, 0.15) is 6.04 Å². The second kappa shape index (κ2) is 7.39. The van der Waals surface area contributed by atoms with Crippen molar-refractivity contribution in [1.29, 1.82) is 0 Å². The zero-order valence-corrected chi connectivity index (χ0v) is 13.7. The first-order valence-electron chi connectivity index (χ1n) is 7.17. The highest BCUT2D eigenvalue weighted by Crippen LogP contribution is 2.37. The summed E-state index contributed by atoms with van der Waals surface area (Å²) in [5.74, 6) is -1.94. The van der Waals surface area contributed by atoms with Crippen LogP contribution in [-0.2, 0) is 9.59 Å². The largest absolute Gasteiger partial charge is 0.493 e. The molecule has 1 aliphatic rings. The number of halogens is 1. The van der Waals surface area contributed by atoms with E-state index in [4.69, 9.17) is 26.8 Å². The number of carbonyl (C=O) groups excluding carboxylic acids is 2. The number of aliphatic carboxylic acids is 1. The van der Waals surface area contributed by atoms with Gasteiger partial charge < -0.3 is 25.2 Å². The van der Waals surface area contributed by atoms with E-state index in [0.717, 1.165) is 0 Å². The van der Waals surface area contributed by atoms with Crippen molar-refractivity contribution in [3.63, 3.8) is 0 Å². The van der Waals surface area contributed by atoms with E-state index in [2.05, 4.69) is 0 Å². The Bertz CT molecular complexity index is 678. The van der Waals surface area contributed by atoms with Gasteiger partial charge in [-0.2, -0.15) is 0 Å². The number of primary amides is 1. The van der Waals surface area contributed by atoms with Gasteiger partial charge in [-0.3, -0.25) is 9.59 Å². The molecule has 3 N–H and O–H groups in total. The average Bonchev–Trinajstić information content (AvgIpc) is 3.01. The molecule has 0 radical (unpaired) electrons. The molecular formula is C15H17ClN2O6. The van der Waals surface area contributed by atoms with Crippen molar-refractivity contribution in [3.8, 4) is 11.5 Å². The molecule has 8 nitrogen and oxygen atoms in total. The zero-order valence-electron chi connectivity index (χ0n) is 13.0. The van der Waals surface area contributed by atoms with Crippen LogP contribution < -0.4 is 15.2 Å². The van der Waals surface area contributed by atoms with Crippen LogP contribution in [0.4, 0.5) is 0 Å². The molecule has 0 spiro atoms. The minimum atomic E-state index is -1.04. The monoisotopic (exact) mass is 356 g/mol. The number of methoxy groups -OCH3 is 1. The Morgan fingerprint density at radius 2 is 2.12 bits per heavy atom. The Labute approximate surface area is 143 Å². The third kappa shape index (κ3) is 3.70. The highest BCUT2D eigenvalue weighted by molar-refractivity contribution is 6.32. The number of carboxylic acids is 1. The number of ether oxygens (including phenoxy) is 2. The summed E-state index contributed by atoms with van der Waals surface area (Å²) in [6, 6.07) is 1.88. The van der Waals surface area contributed by atoms with Crippen molar-refractivity contribution in [1.82, 2.24) is 4.90 Å². The van der Waals surface area contributed by atoms with Crippen molar-refractivity contribution in [2.45, 2.75) is 18.9 Å². The Hall–Kier alpha value is -2.48. The van der Waals surface area contributed by atoms with E-state index in [1.54, 1.807) is 0 Å². The quantitative estimate of drug-likeness (QED) is 0.781. The summed E-state index contributed by atoms with van der Waals surface area (Å²) in [6.45, 7) is -0.0355. The van der Waals surface area contributed by atoms with Gasteiger partial charge in [-0.15, -0.1) is 0 Å². The summed E-state index contributed by atoms with van der Waals surface area (Å²) in [4.78, 5) is 35.9. The van der Waals surface area contributed by atoms with E-state index in [-0.39, 0.29) is 22.1 Å². The summed E-state index contributed by atoms with van der Waals surface area (Å²) in [6.07, 6.45) is 1.03. The average molecular weight is 357 g/mol. The number of carbonyl (C=O) groups is 3. The molecule has 130 valence electrons. The molecule has 0 bridgehead atoms. The molecule has 0 unspecified atom stereocenters. The van der Waals surface area contributed by atoms with Gasteiger partial charge in [0.05, 0.1) is 12.1 Å². The van der Waals surface area contributed by atoms with Gasteiger partial charge in [0.25, 0.3) is 11.8 Å². The first-order chi connectivity index (χ1) is 11.3. The van der Waals surface area contributed by atoms with Crippen LogP contribution in [0.25, 0.3) is 0 Å². The third-order valence-electron chi connectivity index (χ3n) is 3.63. The fourth-order valence-corrected chi connectivity index (χ4v) is 2.82. The zero-order chi connectivity index (χ0) is 17.9. The molecule has 2 rings (SSSR count). The number of likely N-dealkylation sites (tertiary alicyclic amines) is 1. The summed E-state index contributed by atoms with van der Waals surface area (Å²) in [7, 11) is 1.35. The second-order valence-corrected chi connectivity index (χ2v) is 5.65. The lowest BCUT2D eigenvalue weighted by Gasteiger charge is -2.22. The lowest BCUT2D eigenvalue weighted by Crippen LogP contribution is -2.40. The van der Waals surface area contributed by atoms with Gasteiger partial charge in [-0.05, 0) is 25.0 Å². The number of hydrogen-bond acceptors (Lipinski definition) is 5. The third-order valence-corrected chi connectivity index (χ3v) is 3.91. The van der Waals surface area contributed by atoms with Crippen molar-refractivity contribution >= 4 is 29.4 Å². The van der Waals surface area contributed by atoms with E-state index >= 15 is 0 Å². The summed E-state index contributed by atoms with van der Waals surface area (Å²) in [5.41, 5.74) is 5.20. The first kappa shape index (κ1) is 17.9. The summed E-state index contributed by atoms with van der Waals surface area (Å²) < 4.78 is 10.3. The molecule has 1 heterocycles. The molecule has 2 amide bonds. The normalized spacial score (nSPS) is 16.8. The van der Waals surface area contributed by atoms with Crippen molar-refractivity contribution in [2.75, 3.05) is 20.3 Å². The van der Waals surface area contributed by atoms with E-state index < -0.39 is 30.4 Å². The molecule has 0 aromatic heterocycles. The molecule has 0 aliphatic carbocycles. The maximum absolute atomic E-state index is 12.6. The predicted octanol–water partition coefficient (Wildman–Crippen LogP) is 0.902. The van der Waals surface area contributed by atoms with E-state index in [0.29, 0.717) is 19.4 Å². The smallest absolute Gasteiger partial charge is 0.326 e. The van der Waals surface area contributed by atoms with Gasteiger partial charge in [0.2, 0.25) is 0 Å². The molecule has 9 heteroatoms. The Kier molecular flexibility index (Phi) is 5.50. The highest BCUT2D eigenvalue weighted by atomic mass is 35.5. The topological polar surface area (TPSA) is 119 Å². The molecule has 1 atom stereocenters. The van der Waals surface area contributed by atoms with E-state index in [1.807, 2.05) is 0 Å². The van der Waals surface area contributed by atoms with Crippen LogP contribution >= 0.6 is 11.6 Å². The maximum atomic E-state index is 12.6. The maximum Gasteiger partial charge on any atom is 0.326 e. The molecule has 0 saturated carbocycles. The predicted molar refractivity (Wildman–Crippen MR) is 84.4 cm³/mol. The summed E-state index contributed by atoms with van der Waals surface area (Å²) >= 11 is 6.10. The lowest BCUT2D eigenvalue weighted by atomic mass is 10.1. The number of carboxylic acid groups (broad SMARTS) is 1. The van der Waals surface area contributed by atoms with Crippen LogP contribution in [0.2, 0.25) is 5.02 Å². The minimum Gasteiger partial charge on any atom is -0.493 e. The van der Waals surface area contributed by atoms with Crippen LogP contribution in [0.1, 0.15) is 23.2 Å². The number of hydrogen-bond donors (Lipinski definition) is 2. The Balaban J connectivity index is 2.31. The lowest BCUT2D eigenvalue weighted by molar-refractivity contribution is -0.141. The van der Waals surface area contributed by atoms with Crippen molar-refractivity contribution in [3.05, 3.63) is 22.7 Å². The van der Waals surface area contributed by atoms with Crippen LogP contribution in [-0.4, -0.2) is 54.1 Å². The standard InChI is InChI=1S/C15H17ClN2O6/c1-23-11-6-8(5-9(16)13(11)24-7-12(17)19)14(20)18-4-2-3-10(18)15(21)22/h5-6,10H,2-4,7H2,1H3,(H2,17,19)(H,21,22)/t10-/m0/s1. The number of rotatable bonds is 6. The van der Waals surface area contributed by atoms with Gasteiger partial charge in [-0.25, -0.2) is 4.79 Å². The van der Waals surface area contributed by atoms with Gasteiger partial charge in [-0.1, -0.05) is 11.6 Å². The van der Waals surface area contributed by atoms with Crippen LogP contribution in [0, 0.1) is 0 Å². The molecule has 24 heavy (non-hydrogen) atoms. The fraction of sp³-hybridized carbons (Fsp3) is 0.400. The first-order valence-corrected chi connectivity index (χ1v) is 7.55. The number of nitrogens with two attached hydrogens (primary N) is 1. The van der Waals surface area contributed by atoms with Crippen molar-refractivity contribution < 1.29 is 29.0 Å². The second-order valence-electron chi connectivity index (χ2n) is 5.24. The van der Waals surface area contributed by atoms with E-state index in [1.165, 1.54) is 24.1 Å². The molecule has 1 aromatic rings. The number of benzene rings is 1. The molecule has 1 saturated heterocycles. The van der Waals surface area contributed by atoms with Gasteiger partial charge >= 0.3 is 5.97 Å². The highest BCUT2D eigenvalue weighted by Gasteiger charge is 2.35. The molecule has 1 aliphatic heterocycles. The van der Waals surface area contributed by atoms with Crippen LogP contribution in [0.15, 0.2) is 12.1 Å². The Morgan fingerprint density at radius 3 is 2.71 bits per heavy atom. The van der Waals surface area contributed by atoms with Gasteiger partial charge in [0.15, 0.2) is 18.1 Å². The number of nitrogens with zero attached hydrogens (tertiary/aromatic N) is 1. The summed E-state index contributed by atoms with van der Waals surface area (Å²) in [5, 5.41) is 9.25.